The van der Waals surface area contributed by atoms with Crippen LogP contribution in [0.15, 0.2) is 48.8 Å². The van der Waals surface area contributed by atoms with E-state index in [1.807, 2.05) is 12.1 Å². The average molecular weight is 370 g/mol. The summed E-state index contributed by atoms with van der Waals surface area (Å²) >= 11 is 0. The maximum atomic E-state index is 13.1. The van der Waals surface area contributed by atoms with Gasteiger partial charge in [0.2, 0.25) is 0 Å². The number of hydrogen-bond donors (Lipinski definition) is 1. The minimum absolute atomic E-state index is 0.0597. The summed E-state index contributed by atoms with van der Waals surface area (Å²) in [5, 5.41) is 3.09. The smallest absolute Gasteiger partial charge is 0.317 e. The van der Waals surface area contributed by atoms with E-state index in [0.717, 1.165) is 30.6 Å². The molecule has 1 aromatic heterocycles. The van der Waals surface area contributed by atoms with E-state index in [2.05, 4.69) is 22.2 Å². The van der Waals surface area contributed by atoms with Gasteiger partial charge in [0.1, 0.15) is 5.82 Å². The minimum atomic E-state index is -0.245. The van der Waals surface area contributed by atoms with E-state index >= 15 is 0 Å². The molecule has 2 heterocycles. The van der Waals surface area contributed by atoms with Gasteiger partial charge < -0.3 is 15.1 Å². The minimum Gasteiger partial charge on any atom is -0.338 e. The van der Waals surface area contributed by atoms with Gasteiger partial charge in [0.15, 0.2) is 0 Å². The highest BCUT2D eigenvalue weighted by Crippen LogP contribution is 2.13. The third kappa shape index (κ3) is 6.03. The zero-order valence-electron chi connectivity index (χ0n) is 15.8. The summed E-state index contributed by atoms with van der Waals surface area (Å²) in [6.07, 6.45) is 5.31. The molecule has 6 heteroatoms. The Morgan fingerprint density at radius 1 is 1.30 bits per heavy atom. The maximum absolute atomic E-state index is 13.1. The number of nitrogens with zero attached hydrogens (tertiary/aromatic N) is 3. The van der Waals surface area contributed by atoms with E-state index in [9.17, 15) is 9.18 Å². The van der Waals surface area contributed by atoms with Crippen LogP contribution in [0, 0.1) is 11.7 Å². The lowest BCUT2D eigenvalue weighted by Gasteiger charge is -2.24. The fourth-order valence-electron chi connectivity index (χ4n) is 3.42. The van der Waals surface area contributed by atoms with Crippen LogP contribution >= 0.6 is 0 Å². The maximum Gasteiger partial charge on any atom is 0.317 e. The number of nitrogens with one attached hydrogen (secondary N) is 1. The number of carbonyl (C=O) groups is 1. The van der Waals surface area contributed by atoms with E-state index < -0.39 is 0 Å². The molecule has 2 aromatic rings. The first-order valence-corrected chi connectivity index (χ1v) is 9.45. The monoisotopic (exact) mass is 370 g/mol. The van der Waals surface area contributed by atoms with Crippen LogP contribution in [0.4, 0.5) is 9.18 Å². The van der Waals surface area contributed by atoms with Gasteiger partial charge in [0.05, 0.1) is 0 Å². The van der Waals surface area contributed by atoms with Crippen molar-refractivity contribution in [2.45, 2.75) is 19.4 Å². The van der Waals surface area contributed by atoms with E-state index in [4.69, 9.17) is 0 Å². The summed E-state index contributed by atoms with van der Waals surface area (Å²) in [6.45, 7) is 3.88. The highest BCUT2D eigenvalue weighted by Gasteiger charge is 2.21. The second-order valence-corrected chi connectivity index (χ2v) is 7.26. The first-order valence-electron chi connectivity index (χ1n) is 9.45. The number of likely N-dealkylation sites (tertiary alicyclic amines) is 1. The van der Waals surface area contributed by atoms with Crippen molar-refractivity contribution in [3.05, 3.63) is 65.7 Å². The van der Waals surface area contributed by atoms with Crippen molar-refractivity contribution in [1.82, 2.24) is 20.1 Å². The second kappa shape index (κ2) is 9.46. The molecule has 3 rings (SSSR count). The molecule has 5 nitrogen and oxygen atoms in total. The molecule has 0 unspecified atom stereocenters. The summed E-state index contributed by atoms with van der Waals surface area (Å²) in [6, 6.07) is 10.2. The first-order chi connectivity index (χ1) is 13.1. The van der Waals surface area contributed by atoms with Gasteiger partial charge in [-0.1, -0.05) is 18.2 Å². The number of pyridine rings is 1. The summed E-state index contributed by atoms with van der Waals surface area (Å²) in [5.41, 5.74) is 2.00. The summed E-state index contributed by atoms with van der Waals surface area (Å²) in [7, 11) is 2.11. The number of aromatic nitrogens is 1. The van der Waals surface area contributed by atoms with Crippen LogP contribution in [0.25, 0.3) is 0 Å². The number of amides is 2. The lowest BCUT2D eigenvalue weighted by molar-refractivity contribution is 0.194. The molecule has 1 aliphatic rings. The van der Waals surface area contributed by atoms with Crippen molar-refractivity contribution in [3.63, 3.8) is 0 Å². The van der Waals surface area contributed by atoms with Crippen LogP contribution in [0.2, 0.25) is 0 Å². The molecule has 0 bridgehead atoms. The normalized spacial score (nSPS) is 17.0. The van der Waals surface area contributed by atoms with Gasteiger partial charge in [0.25, 0.3) is 0 Å². The van der Waals surface area contributed by atoms with Gasteiger partial charge in [-0.05, 0) is 61.7 Å². The van der Waals surface area contributed by atoms with Crippen LogP contribution in [0.5, 0.6) is 0 Å². The third-order valence-corrected chi connectivity index (χ3v) is 5.00. The molecule has 1 N–H and O–H groups in total. The van der Waals surface area contributed by atoms with Crippen molar-refractivity contribution < 1.29 is 9.18 Å². The summed E-state index contributed by atoms with van der Waals surface area (Å²) in [4.78, 5) is 21.0. The Hall–Kier alpha value is -2.47. The Morgan fingerprint density at radius 2 is 2.11 bits per heavy atom. The molecule has 1 aromatic carbocycles. The Morgan fingerprint density at radius 3 is 2.78 bits per heavy atom. The molecule has 1 aliphatic heterocycles. The molecule has 0 aliphatic carbocycles. The molecule has 0 spiro atoms. The van der Waals surface area contributed by atoms with Crippen molar-refractivity contribution in [2.24, 2.45) is 5.92 Å². The molecular formula is C21H27FN4O. The molecule has 1 fully saturated rings. The van der Waals surface area contributed by atoms with Crippen molar-refractivity contribution in [1.29, 1.82) is 0 Å². The fraction of sp³-hybridized carbons (Fsp3) is 0.429. The van der Waals surface area contributed by atoms with Gasteiger partial charge >= 0.3 is 6.03 Å². The molecule has 27 heavy (non-hydrogen) atoms. The quantitative estimate of drug-likeness (QED) is 0.815. The Bertz CT molecular complexity index is 723. The lowest BCUT2D eigenvalue weighted by atomic mass is 10.1. The Labute approximate surface area is 160 Å². The predicted molar refractivity (Wildman–Crippen MR) is 104 cm³/mol. The predicted octanol–water partition coefficient (Wildman–Crippen LogP) is 2.93. The van der Waals surface area contributed by atoms with E-state index in [0.29, 0.717) is 32.0 Å². The largest absolute Gasteiger partial charge is 0.338 e. The lowest BCUT2D eigenvalue weighted by Crippen LogP contribution is -2.42. The third-order valence-electron chi connectivity index (χ3n) is 5.00. The van der Waals surface area contributed by atoms with Crippen LogP contribution in [0.1, 0.15) is 17.5 Å². The number of urea groups is 1. The molecular weight excluding hydrogens is 343 g/mol. The highest BCUT2D eigenvalue weighted by atomic mass is 19.1. The van der Waals surface area contributed by atoms with Crippen LogP contribution in [-0.2, 0) is 13.0 Å². The zero-order valence-corrected chi connectivity index (χ0v) is 15.8. The molecule has 1 atom stereocenters. The Kier molecular flexibility index (Phi) is 6.76. The summed E-state index contributed by atoms with van der Waals surface area (Å²) < 4.78 is 13.1. The molecule has 2 amide bonds. The molecule has 0 radical (unpaired) electrons. The average Bonchev–Trinajstić information content (AvgIpc) is 3.10. The van der Waals surface area contributed by atoms with Gasteiger partial charge in [-0.25, -0.2) is 9.18 Å². The number of carbonyl (C=O) groups excluding carboxylic acids is 1. The van der Waals surface area contributed by atoms with Crippen LogP contribution in [0.3, 0.4) is 0 Å². The van der Waals surface area contributed by atoms with Crippen molar-refractivity contribution >= 4 is 6.03 Å². The van der Waals surface area contributed by atoms with Gasteiger partial charge in [-0.3, -0.25) is 4.98 Å². The zero-order chi connectivity index (χ0) is 19.1. The standard InChI is InChI=1S/C21H27FN4O/c1-25-11-8-19(15-25)14-24-21(27)26(16-18-3-2-10-23-13-18)12-9-17-4-6-20(22)7-5-17/h2-7,10,13,19H,8-9,11-12,14-16H2,1H3,(H,24,27)/t19-/m0/s1. The first kappa shape index (κ1) is 19.3. The molecule has 1 saturated heterocycles. The molecule has 0 saturated carbocycles. The van der Waals surface area contributed by atoms with Gasteiger partial charge in [-0.15, -0.1) is 0 Å². The Balaban J connectivity index is 1.59. The molecule has 144 valence electrons. The topological polar surface area (TPSA) is 48.5 Å². The van der Waals surface area contributed by atoms with E-state index in [-0.39, 0.29) is 11.8 Å². The SMILES string of the molecule is CN1CC[C@@H](CNC(=O)N(CCc2ccc(F)cc2)Cc2cccnc2)C1. The van der Waals surface area contributed by atoms with Crippen LogP contribution in [-0.4, -0.2) is 54.0 Å². The number of halogens is 1. The van der Waals surface area contributed by atoms with E-state index in [1.165, 1.54) is 12.1 Å². The number of hydrogen-bond acceptors (Lipinski definition) is 3. The van der Waals surface area contributed by atoms with Crippen molar-refractivity contribution in [2.75, 3.05) is 33.2 Å². The van der Waals surface area contributed by atoms with Gasteiger partial charge in [0, 0.05) is 38.6 Å². The van der Waals surface area contributed by atoms with Gasteiger partial charge in [-0.2, -0.15) is 0 Å². The van der Waals surface area contributed by atoms with Crippen LogP contribution < -0.4 is 5.32 Å². The summed E-state index contributed by atoms with van der Waals surface area (Å²) in [5.74, 6) is 0.265. The second-order valence-electron chi connectivity index (χ2n) is 7.26. The number of rotatable bonds is 7. The fourth-order valence-corrected chi connectivity index (χ4v) is 3.42. The van der Waals surface area contributed by atoms with E-state index in [1.54, 1.807) is 29.4 Å². The number of benzene rings is 1. The highest BCUT2D eigenvalue weighted by molar-refractivity contribution is 5.74. The van der Waals surface area contributed by atoms with Crippen molar-refractivity contribution in [3.8, 4) is 0 Å².